The summed E-state index contributed by atoms with van der Waals surface area (Å²) < 4.78 is 0. The van der Waals surface area contributed by atoms with Crippen molar-refractivity contribution in [1.29, 1.82) is 0 Å². The number of likely N-dealkylation sites (tertiary alicyclic amines) is 1. The highest BCUT2D eigenvalue weighted by molar-refractivity contribution is 7.14. The van der Waals surface area contributed by atoms with Crippen LogP contribution in [0.5, 0.6) is 0 Å². The van der Waals surface area contributed by atoms with E-state index in [1.54, 1.807) is 0 Å². The molecule has 29 heavy (non-hydrogen) atoms. The number of rotatable bonds is 5. The van der Waals surface area contributed by atoms with Gasteiger partial charge >= 0.3 is 0 Å². The lowest BCUT2D eigenvalue weighted by atomic mass is 9.85. The van der Waals surface area contributed by atoms with E-state index in [0.29, 0.717) is 18.0 Å². The van der Waals surface area contributed by atoms with Crippen molar-refractivity contribution in [2.24, 2.45) is 11.8 Å². The lowest BCUT2D eigenvalue weighted by Gasteiger charge is -2.14. The van der Waals surface area contributed by atoms with Crippen molar-refractivity contribution in [2.45, 2.75) is 33.1 Å². The maximum atomic E-state index is 12.5. The van der Waals surface area contributed by atoms with E-state index in [1.165, 1.54) is 16.2 Å². The van der Waals surface area contributed by atoms with Crippen molar-refractivity contribution >= 4 is 34.2 Å². The molecular formula is C22H23N3O3S. The molecule has 150 valence electrons. The van der Waals surface area contributed by atoms with Gasteiger partial charge < -0.3 is 5.32 Å². The lowest BCUT2D eigenvalue weighted by Crippen LogP contribution is -2.34. The Bertz CT molecular complexity index is 984. The first-order valence-corrected chi connectivity index (χ1v) is 10.6. The van der Waals surface area contributed by atoms with Crippen molar-refractivity contribution < 1.29 is 14.4 Å². The summed E-state index contributed by atoms with van der Waals surface area (Å²) >= 11 is 1.36. The Hall–Kier alpha value is -2.80. The van der Waals surface area contributed by atoms with Gasteiger partial charge in [-0.3, -0.25) is 19.3 Å². The molecular weight excluding hydrogens is 386 g/mol. The van der Waals surface area contributed by atoms with Crippen molar-refractivity contribution in [3.63, 3.8) is 0 Å². The summed E-state index contributed by atoms with van der Waals surface area (Å²) in [6.45, 7) is 4.18. The zero-order valence-electron chi connectivity index (χ0n) is 16.5. The molecule has 0 saturated carbocycles. The average molecular weight is 410 g/mol. The molecule has 1 aliphatic heterocycles. The molecule has 2 atom stereocenters. The minimum absolute atomic E-state index is 0.0722. The molecule has 0 radical (unpaired) electrons. The third-order valence-corrected chi connectivity index (χ3v) is 6.34. The number of fused-ring (bicyclic) bond motifs is 1. The number of anilines is 1. The molecule has 1 aromatic heterocycles. The number of benzene rings is 1. The summed E-state index contributed by atoms with van der Waals surface area (Å²) in [4.78, 5) is 43.1. The van der Waals surface area contributed by atoms with Crippen LogP contribution in [0, 0.1) is 25.7 Å². The standard InChI is InChI=1S/C22H23N3O3S/c1-13-7-8-14(2)17(11-13)18-12-29-22(23-18)24-19(26)9-10-25-20(27)15-5-3-4-6-16(15)21(25)28/h3-4,7-8,11-12,15-16H,5-6,9-10H2,1-2H3,(H,23,24,26)/t15-,16+. The first kappa shape index (κ1) is 19.5. The van der Waals surface area contributed by atoms with Crippen LogP contribution in [-0.2, 0) is 14.4 Å². The smallest absolute Gasteiger partial charge is 0.233 e. The molecule has 0 unspecified atom stereocenters. The highest BCUT2D eigenvalue weighted by Gasteiger charge is 2.46. The average Bonchev–Trinajstić information content (AvgIpc) is 3.26. The number of nitrogens with zero attached hydrogens (tertiary/aromatic N) is 2. The Kier molecular flexibility index (Phi) is 5.32. The van der Waals surface area contributed by atoms with Gasteiger partial charge in [-0.15, -0.1) is 11.3 Å². The zero-order valence-corrected chi connectivity index (χ0v) is 17.3. The monoisotopic (exact) mass is 409 g/mol. The van der Waals surface area contributed by atoms with Crippen LogP contribution in [0.2, 0.25) is 0 Å². The minimum atomic E-state index is -0.255. The number of thiazole rings is 1. The maximum Gasteiger partial charge on any atom is 0.233 e. The summed E-state index contributed by atoms with van der Waals surface area (Å²) in [7, 11) is 0. The fraction of sp³-hybridized carbons (Fsp3) is 0.364. The van der Waals surface area contributed by atoms with Crippen LogP contribution < -0.4 is 5.32 Å². The quantitative estimate of drug-likeness (QED) is 0.603. The molecule has 0 bridgehead atoms. The van der Waals surface area contributed by atoms with E-state index < -0.39 is 0 Å². The molecule has 2 aliphatic rings. The number of hydrogen-bond donors (Lipinski definition) is 1. The molecule has 1 saturated heterocycles. The maximum absolute atomic E-state index is 12.5. The lowest BCUT2D eigenvalue weighted by molar-refractivity contribution is -0.140. The fourth-order valence-electron chi connectivity index (χ4n) is 3.95. The normalized spacial score (nSPS) is 20.8. The van der Waals surface area contributed by atoms with E-state index in [4.69, 9.17) is 0 Å². The largest absolute Gasteiger partial charge is 0.302 e. The van der Waals surface area contributed by atoms with E-state index in [9.17, 15) is 14.4 Å². The first-order valence-electron chi connectivity index (χ1n) is 9.77. The highest BCUT2D eigenvalue weighted by Crippen LogP contribution is 2.35. The zero-order chi connectivity index (χ0) is 20.5. The van der Waals surface area contributed by atoms with E-state index >= 15 is 0 Å². The third-order valence-electron chi connectivity index (χ3n) is 5.58. The molecule has 4 rings (SSSR count). The number of aryl methyl sites for hydroxylation is 2. The number of imide groups is 1. The van der Waals surface area contributed by atoms with Crippen LogP contribution in [-0.4, -0.2) is 34.2 Å². The molecule has 6 nitrogen and oxygen atoms in total. The second kappa shape index (κ2) is 7.91. The van der Waals surface area contributed by atoms with E-state index in [1.807, 2.05) is 31.4 Å². The van der Waals surface area contributed by atoms with Gasteiger partial charge in [-0.1, -0.05) is 29.8 Å². The molecule has 2 aromatic rings. The van der Waals surface area contributed by atoms with Gasteiger partial charge in [-0.05, 0) is 38.3 Å². The van der Waals surface area contributed by atoms with Crippen LogP contribution >= 0.6 is 11.3 Å². The topological polar surface area (TPSA) is 79.4 Å². The van der Waals surface area contributed by atoms with E-state index in [-0.39, 0.29) is 42.5 Å². The number of hydrogen-bond acceptors (Lipinski definition) is 5. The Morgan fingerprint density at radius 3 is 2.55 bits per heavy atom. The fourth-order valence-corrected chi connectivity index (χ4v) is 4.68. The molecule has 1 N–H and O–H groups in total. The summed E-state index contributed by atoms with van der Waals surface area (Å²) in [5, 5.41) is 5.23. The number of amides is 3. The van der Waals surface area contributed by atoms with Crippen molar-refractivity contribution in [2.75, 3.05) is 11.9 Å². The van der Waals surface area contributed by atoms with E-state index in [2.05, 4.69) is 28.5 Å². The van der Waals surface area contributed by atoms with Gasteiger partial charge in [0.1, 0.15) is 0 Å². The van der Waals surface area contributed by atoms with Crippen molar-refractivity contribution in [3.05, 3.63) is 46.9 Å². The van der Waals surface area contributed by atoms with E-state index in [0.717, 1.165) is 22.4 Å². The number of allylic oxidation sites excluding steroid dienone is 2. The Morgan fingerprint density at radius 2 is 1.86 bits per heavy atom. The van der Waals surface area contributed by atoms with Crippen molar-refractivity contribution in [1.82, 2.24) is 9.88 Å². The van der Waals surface area contributed by atoms with Gasteiger partial charge in [0.2, 0.25) is 17.7 Å². The van der Waals surface area contributed by atoms with Gasteiger partial charge in [0.05, 0.1) is 17.5 Å². The first-order chi connectivity index (χ1) is 13.9. The van der Waals surface area contributed by atoms with Crippen molar-refractivity contribution in [3.8, 4) is 11.3 Å². The van der Waals surface area contributed by atoms with Crippen LogP contribution in [0.15, 0.2) is 35.7 Å². The summed E-state index contributed by atoms with van der Waals surface area (Å²) in [6, 6.07) is 6.19. The summed E-state index contributed by atoms with van der Waals surface area (Å²) in [5.41, 5.74) is 4.15. The highest BCUT2D eigenvalue weighted by atomic mass is 32.1. The Balaban J connectivity index is 1.36. The molecule has 7 heteroatoms. The summed E-state index contributed by atoms with van der Waals surface area (Å²) in [6.07, 6.45) is 5.20. The second-order valence-corrected chi connectivity index (χ2v) is 8.50. The Morgan fingerprint density at radius 1 is 1.17 bits per heavy atom. The molecule has 2 heterocycles. The van der Waals surface area contributed by atoms with Gasteiger partial charge in [0, 0.05) is 23.9 Å². The van der Waals surface area contributed by atoms with Crippen LogP contribution in [0.4, 0.5) is 5.13 Å². The van der Waals surface area contributed by atoms with Gasteiger partial charge in [0.25, 0.3) is 0 Å². The Labute approximate surface area is 173 Å². The minimum Gasteiger partial charge on any atom is -0.302 e. The molecule has 1 fully saturated rings. The second-order valence-electron chi connectivity index (χ2n) is 7.64. The van der Waals surface area contributed by atoms with Gasteiger partial charge in [-0.2, -0.15) is 0 Å². The summed E-state index contributed by atoms with van der Waals surface area (Å²) in [5.74, 6) is -1.06. The number of carbonyl (C=O) groups excluding carboxylic acids is 3. The van der Waals surface area contributed by atoms with Crippen LogP contribution in [0.3, 0.4) is 0 Å². The SMILES string of the molecule is Cc1ccc(C)c(-c2csc(NC(=O)CCN3C(=O)[C@H]4CC=CC[C@H]4C3=O)n2)c1. The van der Waals surface area contributed by atoms with Gasteiger partial charge in [0.15, 0.2) is 5.13 Å². The predicted octanol–water partition coefficient (Wildman–Crippen LogP) is 3.71. The van der Waals surface area contributed by atoms with Crippen LogP contribution in [0.25, 0.3) is 11.3 Å². The number of carbonyl (C=O) groups is 3. The predicted molar refractivity (Wildman–Crippen MR) is 112 cm³/mol. The third kappa shape index (κ3) is 3.87. The van der Waals surface area contributed by atoms with Gasteiger partial charge in [-0.25, -0.2) is 4.98 Å². The molecule has 1 aliphatic carbocycles. The number of aromatic nitrogens is 1. The molecule has 3 amide bonds. The van der Waals surface area contributed by atoms with Crippen LogP contribution in [0.1, 0.15) is 30.4 Å². The molecule has 1 aromatic carbocycles. The number of nitrogens with one attached hydrogen (secondary N) is 1. The molecule has 0 spiro atoms.